The molecule has 1 fully saturated rings. The van der Waals surface area contributed by atoms with Crippen molar-refractivity contribution in [3.05, 3.63) is 43.0 Å². The normalized spacial score (nSPS) is 21.3. The maximum atomic E-state index is 11.4. The van der Waals surface area contributed by atoms with Gasteiger partial charge >= 0.3 is 0 Å². The molecule has 3 heterocycles. The highest BCUT2D eigenvalue weighted by Gasteiger charge is 2.31. The fourth-order valence-corrected chi connectivity index (χ4v) is 4.48. The average Bonchev–Trinajstić information content (AvgIpc) is 3.18. The SMILES string of the molecule is CC(=O)NC1(C)CCC(Nc2ncc3c(-c4ccc5nccnc5c4)c[nH]c3n2)CC1. The summed E-state index contributed by atoms with van der Waals surface area (Å²) >= 11 is 0. The van der Waals surface area contributed by atoms with Crippen molar-refractivity contribution in [2.45, 2.75) is 51.1 Å². The van der Waals surface area contributed by atoms with E-state index in [0.717, 1.165) is 58.9 Å². The molecule has 1 aliphatic rings. The summed E-state index contributed by atoms with van der Waals surface area (Å²) in [5.41, 5.74) is 4.50. The lowest BCUT2D eigenvalue weighted by atomic mass is 9.81. The number of nitrogens with one attached hydrogen (secondary N) is 3. The van der Waals surface area contributed by atoms with Crippen LogP contribution in [0, 0.1) is 0 Å². The molecule has 31 heavy (non-hydrogen) atoms. The molecule has 0 saturated heterocycles. The largest absolute Gasteiger partial charge is 0.351 e. The van der Waals surface area contributed by atoms with Crippen molar-refractivity contribution in [2.24, 2.45) is 0 Å². The number of aromatic amines is 1. The molecule has 3 aromatic heterocycles. The molecule has 0 aliphatic heterocycles. The first-order valence-electron chi connectivity index (χ1n) is 10.6. The van der Waals surface area contributed by atoms with Gasteiger partial charge in [0.2, 0.25) is 11.9 Å². The Morgan fingerprint density at radius 1 is 1.13 bits per heavy atom. The Bertz CT molecular complexity index is 1260. The van der Waals surface area contributed by atoms with E-state index >= 15 is 0 Å². The third-order valence-electron chi connectivity index (χ3n) is 6.11. The second-order valence-electron chi connectivity index (χ2n) is 8.58. The van der Waals surface area contributed by atoms with Crippen molar-refractivity contribution in [1.82, 2.24) is 30.2 Å². The van der Waals surface area contributed by atoms with E-state index in [1.54, 1.807) is 19.3 Å². The van der Waals surface area contributed by atoms with Crippen molar-refractivity contribution in [2.75, 3.05) is 5.32 Å². The van der Waals surface area contributed by atoms with Gasteiger partial charge in [0.15, 0.2) is 0 Å². The van der Waals surface area contributed by atoms with Gasteiger partial charge in [-0.2, -0.15) is 4.98 Å². The molecule has 0 radical (unpaired) electrons. The molecule has 8 heteroatoms. The number of anilines is 1. The van der Waals surface area contributed by atoms with E-state index in [4.69, 9.17) is 0 Å². The highest BCUT2D eigenvalue weighted by atomic mass is 16.1. The molecule has 1 aromatic carbocycles. The summed E-state index contributed by atoms with van der Waals surface area (Å²) in [6, 6.07) is 6.35. The van der Waals surface area contributed by atoms with E-state index in [2.05, 4.69) is 42.5 Å². The number of amides is 1. The molecule has 1 amide bonds. The van der Waals surface area contributed by atoms with Gasteiger partial charge in [0.1, 0.15) is 5.65 Å². The second-order valence-corrected chi connectivity index (χ2v) is 8.58. The molecule has 158 valence electrons. The van der Waals surface area contributed by atoms with E-state index in [1.807, 2.05) is 30.6 Å². The van der Waals surface area contributed by atoms with Crippen LogP contribution in [0.5, 0.6) is 0 Å². The fraction of sp³-hybridized carbons (Fsp3) is 0.348. The molecule has 4 aromatic rings. The van der Waals surface area contributed by atoms with Gasteiger partial charge in [0.05, 0.1) is 11.0 Å². The first-order valence-corrected chi connectivity index (χ1v) is 10.6. The number of nitrogens with zero attached hydrogens (tertiary/aromatic N) is 4. The number of rotatable bonds is 4. The minimum absolute atomic E-state index is 0.0312. The van der Waals surface area contributed by atoms with Crippen molar-refractivity contribution in [3.63, 3.8) is 0 Å². The van der Waals surface area contributed by atoms with Gasteiger partial charge in [-0.15, -0.1) is 0 Å². The van der Waals surface area contributed by atoms with Crippen LogP contribution in [0.25, 0.3) is 33.2 Å². The minimum Gasteiger partial charge on any atom is -0.351 e. The summed E-state index contributed by atoms with van der Waals surface area (Å²) in [4.78, 5) is 32.7. The predicted octanol–water partition coefficient (Wildman–Crippen LogP) is 3.82. The summed E-state index contributed by atoms with van der Waals surface area (Å²) in [5, 5.41) is 7.52. The molecule has 0 unspecified atom stereocenters. The Morgan fingerprint density at radius 3 is 2.68 bits per heavy atom. The van der Waals surface area contributed by atoms with Crippen LogP contribution in [-0.4, -0.2) is 42.4 Å². The van der Waals surface area contributed by atoms with Crippen molar-refractivity contribution in [1.29, 1.82) is 0 Å². The Labute approximate surface area is 179 Å². The molecule has 5 rings (SSSR count). The van der Waals surface area contributed by atoms with Crippen molar-refractivity contribution < 1.29 is 4.79 Å². The molecule has 3 N–H and O–H groups in total. The third kappa shape index (κ3) is 3.93. The average molecular weight is 416 g/mol. The first-order chi connectivity index (χ1) is 15.0. The van der Waals surface area contributed by atoms with Crippen molar-refractivity contribution in [3.8, 4) is 11.1 Å². The molecular weight excluding hydrogens is 390 g/mol. The Morgan fingerprint density at radius 2 is 1.90 bits per heavy atom. The lowest BCUT2D eigenvalue weighted by molar-refractivity contribution is -0.121. The maximum Gasteiger partial charge on any atom is 0.224 e. The van der Waals surface area contributed by atoms with E-state index in [9.17, 15) is 4.79 Å². The van der Waals surface area contributed by atoms with E-state index < -0.39 is 0 Å². The van der Waals surface area contributed by atoms with Crippen LogP contribution in [0.1, 0.15) is 39.5 Å². The van der Waals surface area contributed by atoms with Gasteiger partial charge in [-0.25, -0.2) is 4.98 Å². The van der Waals surface area contributed by atoms with E-state index in [1.165, 1.54) is 0 Å². The molecular formula is C23H25N7O. The molecule has 0 spiro atoms. The minimum atomic E-state index is -0.118. The van der Waals surface area contributed by atoms with E-state index in [0.29, 0.717) is 12.0 Å². The quantitative estimate of drug-likeness (QED) is 0.468. The number of hydrogen-bond donors (Lipinski definition) is 3. The van der Waals surface area contributed by atoms with E-state index in [-0.39, 0.29) is 11.4 Å². The fourth-order valence-electron chi connectivity index (χ4n) is 4.48. The summed E-state index contributed by atoms with van der Waals surface area (Å²) in [5.74, 6) is 0.655. The monoisotopic (exact) mass is 415 g/mol. The predicted molar refractivity (Wildman–Crippen MR) is 121 cm³/mol. The number of carbonyl (C=O) groups is 1. The zero-order valence-electron chi connectivity index (χ0n) is 17.6. The number of aromatic nitrogens is 5. The van der Waals surface area contributed by atoms with Crippen molar-refractivity contribution >= 4 is 33.9 Å². The summed E-state index contributed by atoms with van der Waals surface area (Å²) < 4.78 is 0. The topological polar surface area (TPSA) is 108 Å². The van der Waals surface area contributed by atoms with Crippen LogP contribution in [0.2, 0.25) is 0 Å². The summed E-state index contributed by atoms with van der Waals surface area (Å²) in [7, 11) is 0. The summed E-state index contributed by atoms with van der Waals surface area (Å²) in [6.07, 6.45) is 11.0. The maximum absolute atomic E-state index is 11.4. The lowest BCUT2D eigenvalue weighted by Gasteiger charge is -2.38. The van der Waals surface area contributed by atoms with Crippen LogP contribution in [0.15, 0.2) is 43.0 Å². The highest BCUT2D eigenvalue weighted by Crippen LogP contribution is 2.31. The second kappa shape index (κ2) is 7.61. The van der Waals surface area contributed by atoms with Gasteiger partial charge in [0.25, 0.3) is 0 Å². The number of fused-ring (bicyclic) bond motifs is 2. The van der Waals surface area contributed by atoms with Crippen LogP contribution in [0.4, 0.5) is 5.95 Å². The number of hydrogen-bond acceptors (Lipinski definition) is 6. The molecule has 0 atom stereocenters. The molecule has 1 aliphatic carbocycles. The standard InChI is InChI=1S/C23H25N7O/c1-14(31)30-23(2)7-5-16(6-8-23)28-22-27-13-18-17(12-26-21(18)29-22)15-3-4-19-20(11-15)25-10-9-24-19/h3-4,9-13,16H,5-8H2,1-2H3,(H,30,31)(H2,26,27,28,29). The smallest absolute Gasteiger partial charge is 0.224 e. The molecule has 0 bridgehead atoms. The summed E-state index contributed by atoms with van der Waals surface area (Å²) in [6.45, 7) is 3.70. The lowest BCUT2D eigenvalue weighted by Crippen LogP contribution is -2.49. The highest BCUT2D eigenvalue weighted by molar-refractivity contribution is 5.95. The third-order valence-corrected chi connectivity index (χ3v) is 6.11. The number of benzene rings is 1. The first kappa shape index (κ1) is 19.4. The van der Waals surface area contributed by atoms with Crippen LogP contribution >= 0.6 is 0 Å². The molecule has 8 nitrogen and oxygen atoms in total. The zero-order chi connectivity index (χ0) is 21.4. The Balaban J connectivity index is 1.33. The van der Waals surface area contributed by atoms with Gasteiger partial charge in [-0.1, -0.05) is 6.07 Å². The number of carbonyl (C=O) groups excluding carboxylic acids is 1. The van der Waals surface area contributed by atoms with Gasteiger partial charge in [0, 0.05) is 54.2 Å². The van der Waals surface area contributed by atoms with Gasteiger partial charge in [-0.05, 0) is 50.3 Å². The zero-order valence-corrected chi connectivity index (χ0v) is 17.6. The van der Waals surface area contributed by atoms with Crippen LogP contribution in [0.3, 0.4) is 0 Å². The Kier molecular flexibility index (Phi) is 4.77. The number of H-pyrrole nitrogens is 1. The Hall–Kier alpha value is -3.55. The van der Waals surface area contributed by atoms with Gasteiger partial charge < -0.3 is 15.6 Å². The van der Waals surface area contributed by atoms with Gasteiger partial charge in [-0.3, -0.25) is 14.8 Å². The molecule has 1 saturated carbocycles. The van der Waals surface area contributed by atoms with Crippen LogP contribution in [-0.2, 0) is 4.79 Å². The van der Waals surface area contributed by atoms with Crippen LogP contribution < -0.4 is 10.6 Å².